The molecule has 0 amide bonds. The van der Waals surface area contributed by atoms with Gasteiger partial charge in [0.1, 0.15) is 11.8 Å². The first-order valence-electron chi connectivity index (χ1n) is 11.2. The highest BCUT2D eigenvalue weighted by atomic mass is 32.2. The van der Waals surface area contributed by atoms with Crippen molar-refractivity contribution in [1.29, 1.82) is 0 Å². The second-order valence-corrected chi connectivity index (χ2v) is 9.24. The number of carbonyl (C=O) groups excluding carboxylic acids is 1. The molecule has 1 N–H and O–H groups in total. The van der Waals surface area contributed by atoms with Gasteiger partial charge in [-0.1, -0.05) is 18.2 Å². The van der Waals surface area contributed by atoms with Gasteiger partial charge in [0.2, 0.25) is 11.8 Å². The maximum atomic E-state index is 12.1. The van der Waals surface area contributed by atoms with Gasteiger partial charge in [-0.3, -0.25) is 14.1 Å². The van der Waals surface area contributed by atoms with Crippen LogP contribution in [0.5, 0.6) is 5.88 Å². The Bertz CT molecular complexity index is 1340. The summed E-state index contributed by atoms with van der Waals surface area (Å²) in [4.78, 5) is 25.4. The third-order valence-electron chi connectivity index (χ3n) is 5.41. The summed E-state index contributed by atoms with van der Waals surface area (Å²) in [5.41, 5.74) is 2.84. The highest BCUT2D eigenvalue weighted by Crippen LogP contribution is 2.31. The molecule has 0 bridgehead atoms. The van der Waals surface area contributed by atoms with Gasteiger partial charge in [-0.25, -0.2) is 15.0 Å². The van der Waals surface area contributed by atoms with Crippen LogP contribution in [-0.2, 0) is 4.74 Å². The number of pyridine rings is 1. The van der Waals surface area contributed by atoms with Crippen LogP contribution < -0.4 is 9.46 Å². The van der Waals surface area contributed by atoms with Gasteiger partial charge in [0, 0.05) is 31.1 Å². The smallest absolute Gasteiger partial charge is 0.239 e. The lowest BCUT2D eigenvalue weighted by atomic mass is 10.1. The predicted molar refractivity (Wildman–Crippen MR) is 138 cm³/mol. The summed E-state index contributed by atoms with van der Waals surface area (Å²) in [6.45, 7) is 5.48. The van der Waals surface area contributed by atoms with Crippen molar-refractivity contribution in [2.75, 3.05) is 18.9 Å². The standard InChI is InChI=1S/C25H27N7O3S/c1-15-13-26-23(27-14-15)22(35-5)17(3)36-31-25-30-29-24(20-10-7-11-21(28-20)34-4)32(25)19-9-6-8-18(12-19)16(2)33/h6-14,17,22H,1-5H3,(H,30,31). The topological polar surface area (TPSA) is 117 Å². The van der Waals surface area contributed by atoms with Crippen LogP contribution in [-0.4, -0.2) is 55.0 Å². The fraction of sp³-hybridized carbons (Fsp3) is 0.280. The van der Waals surface area contributed by atoms with Gasteiger partial charge in [-0.05, 0) is 56.5 Å². The number of anilines is 1. The first-order valence-corrected chi connectivity index (χ1v) is 12.1. The van der Waals surface area contributed by atoms with Crippen molar-refractivity contribution in [3.8, 4) is 23.1 Å². The number of ether oxygens (including phenoxy) is 2. The van der Waals surface area contributed by atoms with Crippen molar-refractivity contribution in [3.63, 3.8) is 0 Å². The molecule has 1 aromatic carbocycles. The number of rotatable bonds is 10. The van der Waals surface area contributed by atoms with Crippen LogP contribution in [0.3, 0.4) is 0 Å². The second kappa shape index (κ2) is 11.3. The molecule has 2 atom stereocenters. The molecular formula is C25H27N7O3S. The zero-order valence-corrected chi connectivity index (χ0v) is 21.5. The average molecular weight is 506 g/mol. The summed E-state index contributed by atoms with van der Waals surface area (Å²) >= 11 is 1.41. The molecule has 3 heterocycles. The van der Waals surface area contributed by atoms with E-state index in [1.54, 1.807) is 44.8 Å². The van der Waals surface area contributed by atoms with E-state index in [1.807, 2.05) is 42.7 Å². The van der Waals surface area contributed by atoms with Crippen molar-refractivity contribution in [3.05, 3.63) is 71.8 Å². The maximum absolute atomic E-state index is 12.1. The first kappa shape index (κ1) is 25.3. The number of Topliss-reactive ketones (excluding diaryl/α,β-unsaturated/α-hetero) is 1. The summed E-state index contributed by atoms with van der Waals surface area (Å²) in [5, 5.41) is 8.71. The number of methoxy groups -OCH3 is 2. The summed E-state index contributed by atoms with van der Waals surface area (Å²) in [7, 11) is 3.19. The minimum Gasteiger partial charge on any atom is -0.481 e. The molecule has 2 unspecified atom stereocenters. The van der Waals surface area contributed by atoms with Crippen molar-refractivity contribution >= 4 is 23.7 Å². The van der Waals surface area contributed by atoms with Gasteiger partial charge < -0.3 is 9.47 Å². The molecule has 10 nitrogen and oxygen atoms in total. The number of nitrogens with one attached hydrogen (secondary N) is 1. The van der Waals surface area contributed by atoms with Crippen LogP contribution >= 0.6 is 11.9 Å². The highest BCUT2D eigenvalue weighted by Gasteiger charge is 2.24. The molecule has 0 saturated heterocycles. The van der Waals surface area contributed by atoms with E-state index < -0.39 is 0 Å². The van der Waals surface area contributed by atoms with E-state index in [4.69, 9.17) is 9.47 Å². The number of nitrogens with zero attached hydrogens (tertiary/aromatic N) is 6. The minimum atomic E-state index is -0.347. The van der Waals surface area contributed by atoms with Crippen molar-refractivity contribution < 1.29 is 14.3 Å². The maximum Gasteiger partial charge on any atom is 0.239 e. The average Bonchev–Trinajstić information content (AvgIpc) is 3.33. The third-order valence-corrected chi connectivity index (χ3v) is 6.33. The summed E-state index contributed by atoms with van der Waals surface area (Å²) < 4.78 is 16.1. The fourth-order valence-electron chi connectivity index (χ4n) is 3.54. The van der Waals surface area contributed by atoms with Gasteiger partial charge in [-0.15, -0.1) is 10.2 Å². The van der Waals surface area contributed by atoms with Crippen molar-refractivity contribution in [1.82, 2.24) is 29.7 Å². The number of aromatic nitrogens is 6. The summed E-state index contributed by atoms with van der Waals surface area (Å²) in [6, 6.07) is 12.7. The number of carbonyl (C=O) groups is 1. The molecule has 0 aliphatic rings. The van der Waals surface area contributed by atoms with Crippen LogP contribution in [0.4, 0.5) is 5.95 Å². The van der Waals surface area contributed by atoms with E-state index >= 15 is 0 Å². The quantitative estimate of drug-likeness (QED) is 0.244. The zero-order chi connectivity index (χ0) is 25.7. The second-order valence-electron chi connectivity index (χ2n) is 8.05. The van der Waals surface area contributed by atoms with Crippen LogP contribution in [0.2, 0.25) is 0 Å². The molecule has 4 aromatic rings. The first-order chi connectivity index (χ1) is 17.4. The molecule has 0 spiro atoms. The Morgan fingerprint density at radius 1 is 1.08 bits per heavy atom. The minimum absolute atomic E-state index is 0.0375. The molecule has 0 radical (unpaired) electrons. The lowest BCUT2D eigenvalue weighted by Crippen LogP contribution is -2.19. The molecule has 4 rings (SSSR count). The molecule has 0 aliphatic heterocycles. The Kier molecular flexibility index (Phi) is 7.91. The summed E-state index contributed by atoms with van der Waals surface area (Å²) in [6.07, 6.45) is 3.19. The van der Waals surface area contributed by atoms with E-state index in [9.17, 15) is 4.79 Å². The molecule has 186 valence electrons. The van der Waals surface area contributed by atoms with Gasteiger partial charge in [0.25, 0.3) is 0 Å². The van der Waals surface area contributed by atoms with E-state index in [2.05, 4.69) is 29.9 Å². The Labute approximate surface area is 213 Å². The number of ketones is 1. The van der Waals surface area contributed by atoms with Gasteiger partial charge >= 0.3 is 0 Å². The van der Waals surface area contributed by atoms with Gasteiger partial charge in [0.05, 0.1) is 18.0 Å². The largest absolute Gasteiger partial charge is 0.481 e. The molecule has 0 aliphatic carbocycles. The number of benzene rings is 1. The third kappa shape index (κ3) is 5.52. The predicted octanol–water partition coefficient (Wildman–Crippen LogP) is 4.48. The monoisotopic (exact) mass is 505 g/mol. The molecule has 0 fully saturated rings. The number of aryl methyl sites for hydroxylation is 1. The van der Waals surface area contributed by atoms with E-state index in [1.165, 1.54) is 18.9 Å². The van der Waals surface area contributed by atoms with Gasteiger partial charge in [-0.2, -0.15) is 0 Å². The van der Waals surface area contributed by atoms with E-state index in [0.29, 0.717) is 40.4 Å². The number of hydrogen-bond donors (Lipinski definition) is 1. The number of hydrogen-bond acceptors (Lipinski definition) is 10. The van der Waals surface area contributed by atoms with E-state index in [0.717, 1.165) is 5.56 Å². The molecule has 36 heavy (non-hydrogen) atoms. The molecular weight excluding hydrogens is 478 g/mol. The fourth-order valence-corrected chi connectivity index (χ4v) is 4.32. The van der Waals surface area contributed by atoms with Crippen molar-refractivity contribution in [2.45, 2.75) is 32.1 Å². The Balaban J connectivity index is 1.68. The SMILES string of the molecule is COc1cccc(-c2nnc(NSC(C)C(OC)c3ncc(C)cn3)n2-c2cccc(C(C)=O)c2)n1. The van der Waals surface area contributed by atoms with Crippen LogP contribution in [0, 0.1) is 6.92 Å². The highest BCUT2D eigenvalue weighted by molar-refractivity contribution is 8.01. The Morgan fingerprint density at radius 2 is 1.83 bits per heavy atom. The van der Waals surface area contributed by atoms with Crippen LogP contribution in [0.1, 0.15) is 41.7 Å². The van der Waals surface area contributed by atoms with E-state index in [-0.39, 0.29) is 17.1 Å². The Hall–Kier alpha value is -3.83. The van der Waals surface area contributed by atoms with Crippen LogP contribution in [0.25, 0.3) is 17.2 Å². The Morgan fingerprint density at radius 3 is 2.53 bits per heavy atom. The summed E-state index contributed by atoms with van der Waals surface area (Å²) in [5.74, 6) is 1.98. The molecule has 0 saturated carbocycles. The van der Waals surface area contributed by atoms with Gasteiger partial charge in [0.15, 0.2) is 17.4 Å². The normalized spacial score (nSPS) is 12.7. The molecule has 3 aromatic heterocycles. The van der Waals surface area contributed by atoms with Crippen molar-refractivity contribution in [2.24, 2.45) is 0 Å². The zero-order valence-electron chi connectivity index (χ0n) is 20.7. The lowest BCUT2D eigenvalue weighted by Gasteiger charge is -2.21. The van der Waals surface area contributed by atoms with Crippen LogP contribution in [0.15, 0.2) is 54.9 Å². The lowest BCUT2D eigenvalue weighted by molar-refractivity contribution is 0.0972. The molecule has 11 heteroatoms.